The number of nitrogens with two attached hydrogens (primary N) is 1. The Balaban J connectivity index is 2.65. The van der Waals surface area contributed by atoms with Crippen molar-refractivity contribution < 1.29 is 0 Å². The van der Waals surface area contributed by atoms with Crippen LogP contribution in [0.4, 0.5) is 0 Å². The summed E-state index contributed by atoms with van der Waals surface area (Å²) in [5, 5.41) is 0. The summed E-state index contributed by atoms with van der Waals surface area (Å²) in [6.07, 6.45) is 11.7. The Kier molecular flexibility index (Phi) is 6.13. The van der Waals surface area contributed by atoms with E-state index < -0.39 is 0 Å². The molecule has 108 valence electrons. The van der Waals surface area contributed by atoms with Crippen LogP contribution in [0.5, 0.6) is 0 Å². The van der Waals surface area contributed by atoms with E-state index in [1.54, 1.807) is 0 Å². The zero-order valence-electron chi connectivity index (χ0n) is 13.1. The molecule has 0 saturated heterocycles. The van der Waals surface area contributed by atoms with Crippen molar-refractivity contribution in [1.82, 2.24) is 4.90 Å². The van der Waals surface area contributed by atoms with Crippen molar-refractivity contribution in [3.05, 3.63) is 0 Å². The zero-order chi connectivity index (χ0) is 13.6. The highest BCUT2D eigenvalue weighted by Gasteiger charge is 2.31. The Morgan fingerprint density at radius 2 is 1.50 bits per heavy atom. The van der Waals surface area contributed by atoms with E-state index in [4.69, 9.17) is 5.73 Å². The van der Waals surface area contributed by atoms with Crippen LogP contribution in [0.3, 0.4) is 0 Å². The van der Waals surface area contributed by atoms with Gasteiger partial charge in [-0.1, -0.05) is 46.5 Å². The molecule has 2 nitrogen and oxygen atoms in total. The summed E-state index contributed by atoms with van der Waals surface area (Å²) in [6, 6.07) is 0. The van der Waals surface area contributed by atoms with Crippen molar-refractivity contribution in [3.8, 4) is 0 Å². The molecule has 0 heterocycles. The first-order valence-corrected chi connectivity index (χ1v) is 7.96. The highest BCUT2D eigenvalue weighted by Crippen LogP contribution is 2.37. The van der Waals surface area contributed by atoms with Crippen LogP contribution in [0.2, 0.25) is 0 Å². The predicted molar refractivity (Wildman–Crippen MR) is 80.6 cm³/mol. The third kappa shape index (κ3) is 4.24. The maximum atomic E-state index is 6.66. The second-order valence-electron chi connectivity index (χ2n) is 6.70. The molecule has 0 radical (unpaired) electrons. The molecular formula is C16H34N2. The van der Waals surface area contributed by atoms with Crippen molar-refractivity contribution in [2.75, 3.05) is 13.6 Å². The van der Waals surface area contributed by atoms with Gasteiger partial charge in [-0.2, -0.15) is 0 Å². The van der Waals surface area contributed by atoms with Crippen molar-refractivity contribution in [3.63, 3.8) is 0 Å². The topological polar surface area (TPSA) is 29.3 Å². The third-order valence-corrected chi connectivity index (χ3v) is 5.37. The lowest BCUT2D eigenvalue weighted by molar-refractivity contribution is 0.0911. The summed E-state index contributed by atoms with van der Waals surface area (Å²) in [4.78, 5) is 2.36. The largest absolute Gasteiger partial charge is 0.313 e. The van der Waals surface area contributed by atoms with Gasteiger partial charge in [0.15, 0.2) is 0 Å². The van der Waals surface area contributed by atoms with Crippen molar-refractivity contribution in [1.29, 1.82) is 0 Å². The second-order valence-corrected chi connectivity index (χ2v) is 6.70. The van der Waals surface area contributed by atoms with Crippen molar-refractivity contribution in [2.45, 2.75) is 84.2 Å². The molecule has 0 spiro atoms. The van der Waals surface area contributed by atoms with Gasteiger partial charge in [-0.3, -0.25) is 4.90 Å². The third-order valence-electron chi connectivity index (χ3n) is 5.37. The molecule has 1 saturated carbocycles. The maximum Gasteiger partial charge on any atom is 0.0684 e. The summed E-state index contributed by atoms with van der Waals surface area (Å²) >= 11 is 0. The minimum Gasteiger partial charge on any atom is -0.313 e. The SMILES string of the molecule is CCN(C)C1(N)CCCCCC(C)(CC)CCC1. The van der Waals surface area contributed by atoms with E-state index in [9.17, 15) is 0 Å². The van der Waals surface area contributed by atoms with E-state index in [1.165, 1.54) is 51.4 Å². The number of hydrogen-bond donors (Lipinski definition) is 1. The first-order valence-electron chi connectivity index (χ1n) is 7.96. The first-order chi connectivity index (χ1) is 8.46. The van der Waals surface area contributed by atoms with E-state index in [-0.39, 0.29) is 5.66 Å². The molecule has 2 N–H and O–H groups in total. The smallest absolute Gasteiger partial charge is 0.0684 e. The van der Waals surface area contributed by atoms with E-state index in [0.717, 1.165) is 13.0 Å². The summed E-state index contributed by atoms with van der Waals surface area (Å²) in [6.45, 7) is 8.08. The fourth-order valence-electron chi connectivity index (χ4n) is 3.28. The quantitative estimate of drug-likeness (QED) is 0.767. The molecule has 1 aliphatic rings. The Hall–Kier alpha value is -0.0800. The Labute approximate surface area is 114 Å². The van der Waals surface area contributed by atoms with Crippen molar-refractivity contribution in [2.24, 2.45) is 11.1 Å². The summed E-state index contributed by atoms with van der Waals surface area (Å²) in [5.41, 5.74) is 7.16. The first kappa shape index (κ1) is 16.0. The fourth-order valence-corrected chi connectivity index (χ4v) is 3.28. The second kappa shape index (κ2) is 6.91. The summed E-state index contributed by atoms with van der Waals surface area (Å²) in [7, 11) is 2.19. The minimum atomic E-state index is -0.0548. The molecule has 1 rings (SSSR count). The average Bonchev–Trinajstić information content (AvgIpc) is 2.37. The van der Waals surface area contributed by atoms with Gasteiger partial charge in [0.1, 0.15) is 0 Å². The van der Waals surface area contributed by atoms with Gasteiger partial charge >= 0.3 is 0 Å². The molecule has 0 amide bonds. The van der Waals surface area contributed by atoms with Gasteiger partial charge in [0, 0.05) is 0 Å². The normalized spacial score (nSPS) is 35.7. The Morgan fingerprint density at radius 3 is 2.11 bits per heavy atom. The molecule has 1 aliphatic carbocycles. The molecule has 1 fully saturated rings. The lowest BCUT2D eigenvalue weighted by atomic mass is 9.76. The van der Waals surface area contributed by atoms with E-state index in [0.29, 0.717) is 5.41 Å². The molecule has 0 aliphatic heterocycles. The van der Waals surface area contributed by atoms with Gasteiger partial charge in [-0.25, -0.2) is 0 Å². The molecule has 0 aromatic rings. The monoisotopic (exact) mass is 254 g/mol. The van der Waals surface area contributed by atoms with Crippen LogP contribution < -0.4 is 5.73 Å². The Bertz CT molecular complexity index is 241. The predicted octanol–water partition coefficient (Wildman–Crippen LogP) is 4.14. The van der Waals surface area contributed by atoms with Crippen LogP contribution in [0.1, 0.15) is 78.6 Å². The zero-order valence-corrected chi connectivity index (χ0v) is 13.1. The standard InChI is InChI=1S/C16H34N2/c1-5-15(3)11-8-7-9-13-16(17,14-10-12-15)18(4)6-2/h5-14,17H2,1-4H3. The maximum absolute atomic E-state index is 6.66. The molecule has 2 unspecified atom stereocenters. The van der Waals surface area contributed by atoms with Crippen molar-refractivity contribution >= 4 is 0 Å². The Morgan fingerprint density at radius 1 is 0.944 bits per heavy atom. The van der Waals surface area contributed by atoms with Crippen LogP contribution in [0, 0.1) is 5.41 Å². The lowest BCUT2D eigenvalue weighted by Gasteiger charge is -2.40. The van der Waals surface area contributed by atoms with E-state index in [1.807, 2.05) is 0 Å². The molecule has 18 heavy (non-hydrogen) atoms. The summed E-state index contributed by atoms with van der Waals surface area (Å²) < 4.78 is 0. The van der Waals surface area contributed by atoms with Crippen LogP contribution in [-0.2, 0) is 0 Å². The molecular weight excluding hydrogens is 220 g/mol. The molecule has 0 bridgehead atoms. The van der Waals surface area contributed by atoms with Gasteiger partial charge < -0.3 is 5.73 Å². The molecule has 0 aromatic carbocycles. The number of rotatable bonds is 3. The number of nitrogens with zero attached hydrogens (tertiary/aromatic N) is 1. The van der Waals surface area contributed by atoms with Crippen LogP contribution in [0.15, 0.2) is 0 Å². The molecule has 2 heteroatoms. The van der Waals surface area contributed by atoms with Gasteiger partial charge in [0.2, 0.25) is 0 Å². The highest BCUT2D eigenvalue weighted by atomic mass is 15.2. The summed E-state index contributed by atoms with van der Waals surface area (Å²) in [5.74, 6) is 0. The lowest BCUT2D eigenvalue weighted by Crippen LogP contribution is -2.54. The van der Waals surface area contributed by atoms with Crippen LogP contribution in [-0.4, -0.2) is 24.2 Å². The van der Waals surface area contributed by atoms with E-state index >= 15 is 0 Å². The van der Waals surface area contributed by atoms with E-state index in [2.05, 4.69) is 32.7 Å². The average molecular weight is 254 g/mol. The molecule has 2 atom stereocenters. The molecule has 0 aromatic heterocycles. The van der Waals surface area contributed by atoms with Crippen LogP contribution >= 0.6 is 0 Å². The highest BCUT2D eigenvalue weighted by molar-refractivity contribution is 4.85. The van der Waals surface area contributed by atoms with Gasteiger partial charge in [0.25, 0.3) is 0 Å². The number of hydrogen-bond acceptors (Lipinski definition) is 2. The van der Waals surface area contributed by atoms with Gasteiger partial charge in [-0.15, -0.1) is 0 Å². The van der Waals surface area contributed by atoms with Gasteiger partial charge in [0.05, 0.1) is 5.66 Å². The minimum absolute atomic E-state index is 0.0548. The van der Waals surface area contributed by atoms with Crippen LogP contribution in [0.25, 0.3) is 0 Å². The fraction of sp³-hybridized carbons (Fsp3) is 1.00. The van der Waals surface area contributed by atoms with Gasteiger partial charge in [-0.05, 0) is 51.1 Å².